The Morgan fingerprint density at radius 1 is 1.15 bits per heavy atom. The molecule has 1 amide bonds. The molecule has 0 spiro atoms. The fourth-order valence-corrected chi connectivity index (χ4v) is 3.38. The number of nitrogens with zero attached hydrogens (tertiary/aromatic N) is 3. The van der Waals surface area contributed by atoms with Crippen LogP contribution in [0.3, 0.4) is 0 Å². The van der Waals surface area contributed by atoms with Gasteiger partial charge in [-0.15, -0.1) is 10.2 Å². The largest absolute Gasteiger partial charge is 0.325 e. The molecule has 0 radical (unpaired) electrons. The number of halogens is 2. The van der Waals surface area contributed by atoms with Gasteiger partial charge in [-0.2, -0.15) is 0 Å². The maximum Gasteiger partial charge on any atom is 0.234 e. The summed E-state index contributed by atoms with van der Waals surface area (Å²) in [5.74, 6) is 0.394. The molecular weight excluding hydrogens is 387 g/mol. The van der Waals surface area contributed by atoms with Crippen molar-refractivity contribution in [2.24, 2.45) is 0 Å². The summed E-state index contributed by atoms with van der Waals surface area (Å²) in [4.78, 5) is 12.2. The van der Waals surface area contributed by atoms with Gasteiger partial charge < -0.3 is 9.88 Å². The van der Waals surface area contributed by atoms with E-state index < -0.39 is 0 Å². The van der Waals surface area contributed by atoms with Crippen LogP contribution >= 0.6 is 23.4 Å². The van der Waals surface area contributed by atoms with Crippen LogP contribution < -0.4 is 5.32 Å². The zero-order chi connectivity index (χ0) is 19.2. The van der Waals surface area contributed by atoms with Crippen molar-refractivity contribution in [1.29, 1.82) is 0 Å². The first-order valence-electron chi connectivity index (χ1n) is 8.44. The maximum atomic E-state index is 12.9. The number of amides is 1. The van der Waals surface area contributed by atoms with E-state index in [-0.39, 0.29) is 17.5 Å². The first kappa shape index (κ1) is 19.4. The van der Waals surface area contributed by atoms with Gasteiger partial charge in [-0.05, 0) is 55.0 Å². The standard InChI is InChI=1S/C19H18ClFN4OS/c1-2-11-25-18(13-3-5-14(20)6-4-13)23-24-19(25)27-12-17(26)22-16-9-7-15(21)8-10-16/h3-10H,2,11-12H2,1H3,(H,22,26). The molecule has 0 fully saturated rings. The fraction of sp³-hybridized carbons (Fsp3) is 0.211. The molecule has 0 saturated heterocycles. The van der Waals surface area contributed by atoms with Crippen molar-refractivity contribution in [2.75, 3.05) is 11.1 Å². The highest BCUT2D eigenvalue weighted by molar-refractivity contribution is 7.99. The summed E-state index contributed by atoms with van der Waals surface area (Å²) in [5.41, 5.74) is 1.47. The van der Waals surface area contributed by atoms with Crippen molar-refractivity contribution >= 4 is 35.0 Å². The second-order valence-electron chi connectivity index (χ2n) is 5.81. The number of carbonyl (C=O) groups is 1. The van der Waals surface area contributed by atoms with Crippen molar-refractivity contribution in [1.82, 2.24) is 14.8 Å². The minimum atomic E-state index is -0.343. The number of anilines is 1. The minimum Gasteiger partial charge on any atom is -0.325 e. The number of carbonyl (C=O) groups excluding carboxylic acids is 1. The molecule has 1 aromatic heterocycles. The molecule has 140 valence electrons. The van der Waals surface area contributed by atoms with Gasteiger partial charge in [-0.1, -0.05) is 30.3 Å². The average molecular weight is 405 g/mol. The molecule has 1 N–H and O–H groups in total. The quantitative estimate of drug-likeness (QED) is 0.570. The highest BCUT2D eigenvalue weighted by atomic mass is 35.5. The van der Waals surface area contributed by atoms with Crippen LogP contribution in [0.1, 0.15) is 13.3 Å². The SMILES string of the molecule is CCCn1c(SCC(=O)Nc2ccc(F)cc2)nnc1-c1ccc(Cl)cc1. The first-order valence-corrected chi connectivity index (χ1v) is 9.80. The summed E-state index contributed by atoms with van der Waals surface area (Å²) in [6.07, 6.45) is 0.911. The third kappa shape index (κ3) is 5.08. The normalized spacial score (nSPS) is 10.8. The second-order valence-corrected chi connectivity index (χ2v) is 7.19. The maximum absolute atomic E-state index is 12.9. The van der Waals surface area contributed by atoms with Crippen molar-refractivity contribution < 1.29 is 9.18 Å². The summed E-state index contributed by atoms with van der Waals surface area (Å²) >= 11 is 7.27. The second kappa shape index (κ2) is 9.01. The van der Waals surface area contributed by atoms with Crippen molar-refractivity contribution in [3.8, 4) is 11.4 Å². The Morgan fingerprint density at radius 3 is 2.52 bits per heavy atom. The van der Waals surface area contributed by atoms with Crippen LogP contribution in [0.25, 0.3) is 11.4 Å². The summed E-state index contributed by atoms with van der Waals surface area (Å²) in [5, 5.41) is 12.6. The Bertz CT molecular complexity index is 912. The molecule has 0 unspecified atom stereocenters. The van der Waals surface area contributed by atoms with Crippen LogP contribution in [0.2, 0.25) is 5.02 Å². The molecule has 0 bridgehead atoms. The Kier molecular flexibility index (Phi) is 6.47. The van der Waals surface area contributed by atoms with Crippen molar-refractivity contribution in [3.63, 3.8) is 0 Å². The average Bonchev–Trinajstić information content (AvgIpc) is 3.06. The van der Waals surface area contributed by atoms with E-state index in [1.165, 1.54) is 36.0 Å². The zero-order valence-corrected chi connectivity index (χ0v) is 16.2. The minimum absolute atomic E-state index is 0.180. The summed E-state index contributed by atoms with van der Waals surface area (Å²) < 4.78 is 14.9. The lowest BCUT2D eigenvalue weighted by Crippen LogP contribution is -2.14. The van der Waals surface area contributed by atoms with Crippen LogP contribution in [-0.4, -0.2) is 26.4 Å². The molecule has 0 saturated carbocycles. The van der Waals surface area contributed by atoms with E-state index in [1.54, 1.807) is 0 Å². The lowest BCUT2D eigenvalue weighted by Gasteiger charge is -2.09. The van der Waals surface area contributed by atoms with E-state index in [9.17, 15) is 9.18 Å². The number of nitrogens with one attached hydrogen (secondary N) is 1. The number of rotatable bonds is 7. The smallest absolute Gasteiger partial charge is 0.234 e. The third-order valence-corrected chi connectivity index (χ3v) is 4.95. The highest BCUT2D eigenvalue weighted by Crippen LogP contribution is 2.25. The molecule has 3 aromatic rings. The zero-order valence-electron chi connectivity index (χ0n) is 14.7. The van der Waals surface area contributed by atoms with Crippen molar-refractivity contribution in [2.45, 2.75) is 25.0 Å². The van der Waals surface area contributed by atoms with Gasteiger partial charge in [0.2, 0.25) is 5.91 Å². The predicted octanol–water partition coefficient (Wildman–Crippen LogP) is 4.88. The molecule has 0 atom stereocenters. The molecule has 0 aliphatic rings. The van der Waals surface area contributed by atoms with E-state index in [0.717, 1.165) is 24.4 Å². The van der Waals surface area contributed by atoms with Gasteiger partial charge in [-0.25, -0.2) is 4.39 Å². The summed E-state index contributed by atoms with van der Waals surface area (Å²) in [6, 6.07) is 13.1. The number of thioether (sulfide) groups is 1. The van der Waals surface area contributed by atoms with Crippen molar-refractivity contribution in [3.05, 3.63) is 59.4 Å². The first-order chi connectivity index (χ1) is 13.1. The lowest BCUT2D eigenvalue weighted by atomic mass is 10.2. The Balaban J connectivity index is 1.70. The molecule has 27 heavy (non-hydrogen) atoms. The molecule has 5 nitrogen and oxygen atoms in total. The number of hydrogen-bond donors (Lipinski definition) is 1. The monoisotopic (exact) mass is 404 g/mol. The van der Waals surface area contributed by atoms with Gasteiger partial charge in [0, 0.05) is 22.8 Å². The van der Waals surface area contributed by atoms with E-state index >= 15 is 0 Å². The Morgan fingerprint density at radius 2 is 1.85 bits per heavy atom. The highest BCUT2D eigenvalue weighted by Gasteiger charge is 2.15. The topological polar surface area (TPSA) is 59.8 Å². The Hall–Kier alpha value is -2.38. The predicted molar refractivity (Wildman–Crippen MR) is 107 cm³/mol. The molecule has 8 heteroatoms. The number of benzene rings is 2. The van der Waals surface area contributed by atoms with Gasteiger partial charge in [0.05, 0.1) is 5.75 Å². The van der Waals surface area contributed by atoms with Crippen LogP contribution in [0.4, 0.5) is 10.1 Å². The van der Waals surface area contributed by atoms with E-state index in [0.29, 0.717) is 15.9 Å². The van der Waals surface area contributed by atoms with Crippen LogP contribution in [-0.2, 0) is 11.3 Å². The Labute approximate surface area is 166 Å². The summed E-state index contributed by atoms with van der Waals surface area (Å²) in [7, 11) is 0. The fourth-order valence-electron chi connectivity index (χ4n) is 2.49. The third-order valence-electron chi connectivity index (χ3n) is 3.73. The molecule has 1 heterocycles. The molecular formula is C19H18ClFN4OS. The molecule has 0 aliphatic carbocycles. The van der Waals surface area contributed by atoms with E-state index in [2.05, 4.69) is 22.4 Å². The number of aromatic nitrogens is 3. The van der Waals surface area contributed by atoms with Gasteiger partial charge in [0.15, 0.2) is 11.0 Å². The van der Waals surface area contributed by atoms with Gasteiger partial charge in [-0.3, -0.25) is 4.79 Å². The van der Waals surface area contributed by atoms with Gasteiger partial charge >= 0.3 is 0 Å². The number of hydrogen-bond acceptors (Lipinski definition) is 4. The van der Waals surface area contributed by atoms with Gasteiger partial charge in [0.1, 0.15) is 5.82 Å². The van der Waals surface area contributed by atoms with Crippen LogP contribution in [0.5, 0.6) is 0 Å². The van der Waals surface area contributed by atoms with Crippen LogP contribution in [0, 0.1) is 5.82 Å². The molecule has 0 aliphatic heterocycles. The molecule has 2 aromatic carbocycles. The summed E-state index contributed by atoms with van der Waals surface area (Å²) in [6.45, 7) is 2.81. The van der Waals surface area contributed by atoms with Gasteiger partial charge in [0.25, 0.3) is 0 Å². The van der Waals surface area contributed by atoms with E-state index in [4.69, 9.17) is 11.6 Å². The van der Waals surface area contributed by atoms with Crippen LogP contribution in [0.15, 0.2) is 53.7 Å². The van der Waals surface area contributed by atoms with E-state index in [1.807, 2.05) is 28.8 Å². The lowest BCUT2D eigenvalue weighted by molar-refractivity contribution is -0.113. The molecule has 3 rings (SSSR count).